The zero-order chi connectivity index (χ0) is 16.9. The van der Waals surface area contributed by atoms with E-state index in [-0.39, 0.29) is 17.9 Å². The van der Waals surface area contributed by atoms with Gasteiger partial charge in [-0.05, 0) is 51.5 Å². The fourth-order valence-corrected chi connectivity index (χ4v) is 4.23. The normalized spacial score (nSPS) is 25.3. The van der Waals surface area contributed by atoms with Crippen molar-refractivity contribution in [1.29, 1.82) is 0 Å². The summed E-state index contributed by atoms with van der Waals surface area (Å²) in [7, 11) is 0. The Labute approximate surface area is 146 Å². The molecule has 2 saturated heterocycles. The molecule has 1 saturated carbocycles. The minimum atomic E-state index is 0.0413. The number of hydrogen-bond donors (Lipinski definition) is 0. The van der Waals surface area contributed by atoms with Gasteiger partial charge in [0.1, 0.15) is 0 Å². The predicted octanol–water partition coefficient (Wildman–Crippen LogP) is 2.11. The van der Waals surface area contributed by atoms with Gasteiger partial charge in [0, 0.05) is 51.6 Å². The van der Waals surface area contributed by atoms with Crippen LogP contribution < -0.4 is 0 Å². The molecule has 1 atom stereocenters. The van der Waals surface area contributed by atoms with E-state index in [4.69, 9.17) is 0 Å². The summed E-state index contributed by atoms with van der Waals surface area (Å²) < 4.78 is 0. The third-order valence-corrected chi connectivity index (χ3v) is 6.04. The van der Waals surface area contributed by atoms with Crippen LogP contribution in [0.25, 0.3) is 0 Å². The van der Waals surface area contributed by atoms with Crippen molar-refractivity contribution < 1.29 is 9.59 Å². The molecule has 0 unspecified atom stereocenters. The van der Waals surface area contributed by atoms with Gasteiger partial charge in [-0.1, -0.05) is 6.42 Å². The zero-order valence-electron chi connectivity index (χ0n) is 15.2. The molecular formula is C19H33N3O2. The van der Waals surface area contributed by atoms with Gasteiger partial charge < -0.3 is 14.7 Å². The highest BCUT2D eigenvalue weighted by atomic mass is 16.2. The topological polar surface area (TPSA) is 43.9 Å². The Bertz CT molecular complexity index is 450. The fourth-order valence-electron chi connectivity index (χ4n) is 4.23. The van der Waals surface area contributed by atoms with Crippen molar-refractivity contribution >= 4 is 11.8 Å². The van der Waals surface area contributed by atoms with E-state index >= 15 is 0 Å². The minimum Gasteiger partial charge on any atom is -0.341 e. The lowest BCUT2D eigenvalue weighted by atomic mass is 9.85. The second-order valence-electron chi connectivity index (χ2n) is 7.93. The van der Waals surface area contributed by atoms with E-state index in [1.807, 2.05) is 16.7 Å². The number of carbonyl (C=O) groups excluding carboxylic acids is 2. The number of piperidine rings is 1. The molecule has 136 valence electrons. The van der Waals surface area contributed by atoms with E-state index < -0.39 is 0 Å². The second-order valence-corrected chi connectivity index (χ2v) is 7.93. The van der Waals surface area contributed by atoms with E-state index in [1.165, 1.54) is 25.8 Å². The first-order chi connectivity index (χ1) is 11.6. The predicted molar refractivity (Wildman–Crippen MR) is 94.6 cm³/mol. The van der Waals surface area contributed by atoms with Gasteiger partial charge in [-0.3, -0.25) is 9.59 Å². The smallest absolute Gasteiger partial charge is 0.224 e. The third kappa shape index (κ3) is 4.50. The molecule has 0 radical (unpaired) electrons. The monoisotopic (exact) mass is 335 g/mol. The van der Waals surface area contributed by atoms with Gasteiger partial charge in [0.25, 0.3) is 0 Å². The van der Waals surface area contributed by atoms with Gasteiger partial charge in [0.2, 0.25) is 11.8 Å². The highest BCUT2D eigenvalue weighted by Gasteiger charge is 2.28. The molecule has 2 amide bonds. The maximum Gasteiger partial charge on any atom is 0.224 e. The molecule has 0 bridgehead atoms. The van der Waals surface area contributed by atoms with Gasteiger partial charge in [-0.2, -0.15) is 0 Å². The maximum absolute atomic E-state index is 12.7. The van der Waals surface area contributed by atoms with Crippen LogP contribution in [0, 0.1) is 5.92 Å². The van der Waals surface area contributed by atoms with Crippen molar-refractivity contribution in [3.8, 4) is 0 Å². The number of likely N-dealkylation sites (tertiary alicyclic amines) is 1. The molecule has 5 heteroatoms. The molecule has 3 rings (SSSR count). The summed E-state index contributed by atoms with van der Waals surface area (Å²) in [5, 5.41) is 0. The molecule has 3 aliphatic rings. The van der Waals surface area contributed by atoms with Crippen molar-refractivity contribution in [3.05, 3.63) is 0 Å². The second kappa shape index (κ2) is 8.32. The van der Waals surface area contributed by atoms with Crippen LogP contribution in [0.5, 0.6) is 0 Å². The zero-order valence-corrected chi connectivity index (χ0v) is 15.2. The summed E-state index contributed by atoms with van der Waals surface area (Å²) in [5.74, 6) is 1.35. The molecule has 0 aromatic carbocycles. The lowest BCUT2D eigenvalue weighted by Gasteiger charge is -2.33. The van der Waals surface area contributed by atoms with Crippen LogP contribution in [0.2, 0.25) is 0 Å². The SMILES string of the molecule is C[C@H](CC(=O)N1CCCN(CC2CCC2)CC1)N1CCCCC1=O. The number of nitrogens with zero attached hydrogens (tertiary/aromatic N) is 3. The van der Waals surface area contributed by atoms with Gasteiger partial charge >= 0.3 is 0 Å². The Morgan fingerprint density at radius 1 is 1.04 bits per heavy atom. The fraction of sp³-hybridized carbons (Fsp3) is 0.895. The largest absolute Gasteiger partial charge is 0.341 e. The van der Waals surface area contributed by atoms with Crippen molar-refractivity contribution in [1.82, 2.24) is 14.7 Å². The Morgan fingerprint density at radius 3 is 2.58 bits per heavy atom. The average Bonchev–Trinajstić information content (AvgIpc) is 2.77. The van der Waals surface area contributed by atoms with Gasteiger partial charge in [-0.15, -0.1) is 0 Å². The van der Waals surface area contributed by atoms with Crippen LogP contribution in [-0.4, -0.2) is 71.8 Å². The molecule has 0 spiro atoms. The molecule has 24 heavy (non-hydrogen) atoms. The van der Waals surface area contributed by atoms with Crippen LogP contribution in [-0.2, 0) is 9.59 Å². The van der Waals surface area contributed by atoms with Crippen molar-refractivity contribution in [3.63, 3.8) is 0 Å². The van der Waals surface area contributed by atoms with Crippen molar-refractivity contribution in [2.24, 2.45) is 5.92 Å². The van der Waals surface area contributed by atoms with Crippen LogP contribution >= 0.6 is 0 Å². The summed E-state index contributed by atoms with van der Waals surface area (Å²) in [6, 6.07) is 0.0413. The van der Waals surface area contributed by atoms with E-state index in [0.29, 0.717) is 12.8 Å². The first kappa shape index (κ1) is 17.7. The van der Waals surface area contributed by atoms with E-state index in [9.17, 15) is 9.59 Å². The molecule has 3 fully saturated rings. The quantitative estimate of drug-likeness (QED) is 0.773. The van der Waals surface area contributed by atoms with Crippen molar-refractivity contribution in [2.45, 2.75) is 64.3 Å². The average molecular weight is 335 g/mol. The Morgan fingerprint density at radius 2 is 1.88 bits per heavy atom. The molecule has 0 aromatic heterocycles. The lowest BCUT2D eigenvalue weighted by Crippen LogP contribution is -2.45. The first-order valence-electron chi connectivity index (χ1n) is 9.93. The molecule has 0 aromatic rings. The van der Waals surface area contributed by atoms with Crippen LogP contribution in [0.3, 0.4) is 0 Å². The van der Waals surface area contributed by atoms with E-state index in [2.05, 4.69) is 4.90 Å². The highest BCUT2D eigenvalue weighted by molar-refractivity contribution is 5.80. The van der Waals surface area contributed by atoms with Gasteiger partial charge in [-0.25, -0.2) is 0 Å². The van der Waals surface area contributed by atoms with Crippen LogP contribution in [0.4, 0.5) is 0 Å². The third-order valence-electron chi connectivity index (χ3n) is 6.04. The van der Waals surface area contributed by atoms with Crippen LogP contribution in [0.15, 0.2) is 0 Å². The van der Waals surface area contributed by atoms with Crippen molar-refractivity contribution in [2.75, 3.05) is 39.3 Å². The number of carbonyl (C=O) groups is 2. The van der Waals surface area contributed by atoms with E-state index in [1.54, 1.807) is 0 Å². The minimum absolute atomic E-state index is 0.0413. The van der Waals surface area contributed by atoms with Gasteiger partial charge in [0.15, 0.2) is 0 Å². The summed E-state index contributed by atoms with van der Waals surface area (Å²) in [5.41, 5.74) is 0. The molecule has 5 nitrogen and oxygen atoms in total. The number of hydrogen-bond acceptors (Lipinski definition) is 3. The van der Waals surface area contributed by atoms with Gasteiger partial charge in [0.05, 0.1) is 0 Å². The summed E-state index contributed by atoms with van der Waals surface area (Å²) >= 11 is 0. The Balaban J connectivity index is 1.44. The Kier molecular flexibility index (Phi) is 6.14. The molecule has 2 heterocycles. The lowest BCUT2D eigenvalue weighted by molar-refractivity contribution is -0.138. The molecule has 2 aliphatic heterocycles. The summed E-state index contributed by atoms with van der Waals surface area (Å²) in [6.07, 6.45) is 8.46. The van der Waals surface area contributed by atoms with Crippen LogP contribution in [0.1, 0.15) is 58.3 Å². The summed E-state index contributed by atoms with van der Waals surface area (Å²) in [4.78, 5) is 31.2. The maximum atomic E-state index is 12.7. The molecule has 0 N–H and O–H groups in total. The highest BCUT2D eigenvalue weighted by Crippen LogP contribution is 2.27. The molecular weight excluding hydrogens is 302 g/mol. The van der Waals surface area contributed by atoms with E-state index in [0.717, 1.165) is 57.9 Å². The summed E-state index contributed by atoms with van der Waals surface area (Å²) in [6.45, 7) is 7.94. The Hall–Kier alpha value is -1.10. The standard InChI is InChI=1S/C19H33N3O2/c1-16(22-11-3-2-8-18(22)23)14-19(24)21-10-5-9-20(12-13-21)15-17-6-4-7-17/h16-17H,2-15H2,1H3/t16-/m1/s1. The number of amides is 2. The first-order valence-corrected chi connectivity index (χ1v) is 9.93. The number of rotatable bonds is 5. The molecule has 1 aliphatic carbocycles.